The molecule has 0 radical (unpaired) electrons. The minimum atomic E-state index is 0.279. The van der Waals surface area contributed by atoms with Crippen LogP contribution in [-0.2, 0) is 11.3 Å². The summed E-state index contributed by atoms with van der Waals surface area (Å²) >= 11 is 0. The van der Waals surface area contributed by atoms with Crippen molar-refractivity contribution in [2.45, 2.75) is 13.3 Å². The van der Waals surface area contributed by atoms with Gasteiger partial charge in [-0.15, -0.1) is 0 Å². The number of nitrogens with zero attached hydrogens (tertiary/aromatic N) is 3. The maximum atomic E-state index is 5.78. The average Bonchev–Trinajstić information content (AvgIpc) is 2.47. The van der Waals surface area contributed by atoms with E-state index >= 15 is 0 Å². The van der Waals surface area contributed by atoms with Crippen molar-refractivity contribution in [2.24, 2.45) is 5.16 Å². The number of hydrogen-bond donors (Lipinski definition) is 1. The van der Waals surface area contributed by atoms with Crippen molar-refractivity contribution in [1.82, 2.24) is 9.97 Å². The van der Waals surface area contributed by atoms with E-state index in [2.05, 4.69) is 26.9 Å². The highest BCUT2D eigenvalue weighted by atomic mass is 16.6. The van der Waals surface area contributed by atoms with Crippen LogP contribution in [0.25, 0.3) is 0 Å². The Morgan fingerprint density at radius 2 is 2.00 bits per heavy atom. The summed E-state index contributed by atoms with van der Waals surface area (Å²) < 4.78 is 5.71. The fraction of sp³-hybridized carbons (Fsp3) is 0.214. The van der Waals surface area contributed by atoms with E-state index in [9.17, 15) is 0 Å². The van der Waals surface area contributed by atoms with Crippen LogP contribution in [0.2, 0.25) is 0 Å². The average molecular weight is 272 g/mol. The van der Waals surface area contributed by atoms with Crippen molar-refractivity contribution in [3.05, 3.63) is 41.7 Å². The van der Waals surface area contributed by atoms with Gasteiger partial charge in [-0.25, -0.2) is 9.97 Å². The van der Waals surface area contributed by atoms with Gasteiger partial charge < -0.3 is 15.3 Å². The predicted octanol–water partition coefficient (Wildman–Crippen LogP) is 2.39. The SMILES string of the molecule is CCc1ccc(Oc2ncnc(N)c2/C=N\OC)cc1. The Kier molecular flexibility index (Phi) is 4.49. The van der Waals surface area contributed by atoms with E-state index in [1.807, 2.05) is 24.3 Å². The van der Waals surface area contributed by atoms with Crippen LogP contribution in [0.1, 0.15) is 18.1 Å². The van der Waals surface area contributed by atoms with Gasteiger partial charge in [-0.2, -0.15) is 0 Å². The summed E-state index contributed by atoms with van der Waals surface area (Å²) in [4.78, 5) is 12.6. The summed E-state index contributed by atoms with van der Waals surface area (Å²) in [6.45, 7) is 2.10. The zero-order valence-electron chi connectivity index (χ0n) is 11.4. The van der Waals surface area contributed by atoms with E-state index in [-0.39, 0.29) is 5.82 Å². The topological polar surface area (TPSA) is 82.6 Å². The fourth-order valence-electron chi connectivity index (χ4n) is 1.61. The first-order valence-corrected chi connectivity index (χ1v) is 6.18. The second kappa shape index (κ2) is 6.51. The quantitative estimate of drug-likeness (QED) is 0.667. The largest absolute Gasteiger partial charge is 0.438 e. The zero-order valence-corrected chi connectivity index (χ0v) is 11.4. The molecule has 6 nitrogen and oxygen atoms in total. The zero-order chi connectivity index (χ0) is 14.4. The molecule has 20 heavy (non-hydrogen) atoms. The molecule has 1 heterocycles. The summed E-state index contributed by atoms with van der Waals surface area (Å²) in [7, 11) is 1.44. The molecule has 0 bridgehead atoms. The van der Waals surface area contributed by atoms with Crippen molar-refractivity contribution in [3.63, 3.8) is 0 Å². The van der Waals surface area contributed by atoms with E-state index in [4.69, 9.17) is 10.5 Å². The van der Waals surface area contributed by atoms with Gasteiger partial charge in [-0.1, -0.05) is 24.2 Å². The van der Waals surface area contributed by atoms with Crippen molar-refractivity contribution in [3.8, 4) is 11.6 Å². The molecule has 0 spiro atoms. The lowest BCUT2D eigenvalue weighted by atomic mass is 10.2. The van der Waals surface area contributed by atoms with Crippen LogP contribution in [-0.4, -0.2) is 23.3 Å². The molecular weight excluding hydrogens is 256 g/mol. The van der Waals surface area contributed by atoms with E-state index < -0.39 is 0 Å². The molecule has 0 aliphatic heterocycles. The smallest absolute Gasteiger partial charge is 0.233 e. The Bertz CT molecular complexity index is 597. The van der Waals surface area contributed by atoms with Gasteiger partial charge in [0.1, 0.15) is 30.6 Å². The number of benzene rings is 1. The van der Waals surface area contributed by atoms with Gasteiger partial charge in [0.25, 0.3) is 0 Å². The van der Waals surface area contributed by atoms with Crippen LogP contribution in [0.3, 0.4) is 0 Å². The summed E-state index contributed by atoms with van der Waals surface area (Å²) in [6.07, 6.45) is 3.74. The van der Waals surface area contributed by atoms with Crippen molar-refractivity contribution in [1.29, 1.82) is 0 Å². The number of aromatic nitrogens is 2. The number of aryl methyl sites for hydroxylation is 1. The highest BCUT2D eigenvalue weighted by Gasteiger charge is 2.10. The molecule has 2 aromatic rings. The molecule has 2 rings (SSSR count). The van der Waals surface area contributed by atoms with Gasteiger partial charge in [-0.05, 0) is 24.1 Å². The molecule has 0 saturated carbocycles. The van der Waals surface area contributed by atoms with Crippen molar-refractivity contribution < 1.29 is 9.57 Å². The van der Waals surface area contributed by atoms with E-state index in [0.29, 0.717) is 17.2 Å². The van der Waals surface area contributed by atoms with Crippen LogP contribution in [0, 0.1) is 0 Å². The molecule has 0 saturated heterocycles. The number of nitrogens with two attached hydrogens (primary N) is 1. The van der Waals surface area contributed by atoms with Crippen molar-refractivity contribution >= 4 is 12.0 Å². The van der Waals surface area contributed by atoms with Gasteiger partial charge in [0.2, 0.25) is 5.88 Å². The first kappa shape index (κ1) is 13.8. The Morgan fingerprint density at radius 1 is 1.25 bits per heavy atom. The fourth-order valence-corrected chi connectivity index (χ4v) is 1.61. The second-order valence-electron chi connectivity index (χ2n) is 3.99. The number of oxime groups is 1. The van der Waals surface area contributed by atoms with E-state index in [0.717, 1.165) is 6.42 Å². The third-order valence-electron chi connectivity index (χ3n) is 2.71. The molecule has 0 atom stereocenters. The summed E-state index contributed by atoms with van der Waals surface area (Å²) in [5.41, 5.74) is 7.50. The van der Waals surface area contributed by atoms with Crippen LogP contribution < -0.4 is 10.5 Å². The first-order valence-electron chi connectivity index (χ1n) is 6.18. The molecule has 1 aromatic heterocycles. The number of anilines is 1. The molecule has 0 fully saturated rings. The highest BCUT2D eigenvalue weighted by Crippen LogP contribution is 2.24. The standard InChI is InChI=1S/C14H16N4O2/c1-3-10-4-6-11(7-5-10)20-14-12(8-18-19-2)13(15)16-9-17-14/h4-9H,3H2,1-2H3,(H2,15,16,17)/b18-8-. The molecular formula is C14H16N4O2. The minimum absolute atomic E-state index is 0.279. The normalized spacial score (nSPS) is 10.7. The van der Waals surface area contributed by atoms with Gasteiger partial charge in [-0.3, -0.25) is 0 Å². The molecule has 0 aliphatic rings. The van der Waals surface area contributed by atoms with Gasteiger partial charge >= 0.3 is 0 Å². The van der Waals surface area contributed by atoms with Gasteiger partial charge in [0.15, 0.2) is 0 Å². The molecule has 2 N–H and O–H groups in total. The lowest BCUT2D eigenvalue weighted by Crippen LogP contribution is -2.02. The Labute approximate surface area is 117 Å². The minimum Gasteiger partial charge on any atom is -0.438 e. The van der Waals surface area contributed by atoms with E-state index in [1.165, 1.54) is 25.2 Å². The maximum absolute atomic E-state index is 5.78. The second-order valence-corrected chi connectivity index (χ2v) is 3.99. The van der Waals surface area contributed by atoms with Gasteiger partial charge in [0.05, 0.1) is 6.21 Å². The Balaban J connectivity index is 2.27. The molecule has 0 amide bonds. The van der Waals surface area contributed by atoms with Crippen LogP contribution in [0.5, 0.6) is 11.6 Å². The molecule has 1 aromatic carbocycles. The molecule has 104 valence electrons. The summed E-state index contributed by atoms with van der Waals surface area (Å²) in [6, 6.07) is 7.77. The maximum Gasteiger partial charge on any atom is 0.233 e. The number of hydrogen-bond acceptors (Lipinski definition) is 6. The number of ether oxygens (including phenoxy) is 1. The predicted molar refractivity (Wildman–Crippen MR) is 76.9 cm³/mol. The third-order valence-corrected chi connectivity index (χ3v) is 2.71. The Morgan fingerprint density at radius 3 is 2.65 bits per heavy atom. The van der Waals surface area contributed by atoms with Crippen molar-refractivity contribution in [2.75, 3.05) is 12.8 Å². The monoisotopic (exact) mass is 272 g/mol. The number of nitrogen functional groups attached to an aromatic ring is 1. The molecule has 0 aliphatic carbocycles. The number of rotatable bonds is 5. The van der Waals surface area contributed by atoms with Gasteiger partial charge in [0, 0.05) is 0 Å². The highest BCUT2D eigenvalue weighted by molar-refractivity contribution is 5.88. The lowest BCUT2D eigenvalue weighted by Gasteiger charge is -2.08. The van der Waals surface area contributed by atoms with Crippen LogP contribution in [0.4, 0.5) is 5.82 Å². The summed E-state index contributed by atoms with van der Waals surface area (Å²) in [5.74, 6) is 1.29. The molecule has 6 heteroatoms. The Hall–Kier alpha value is -2.63. The molecule has 0 unspecified atom stereocenters. The first-order chi connectivity index (χ1) is 9.74. The van der Waals surface area contributed by atoms with Crippen LogP contribution >= 0.6 is 0 Å². The third kappa shape index (κ3) is 3.23. The summed E-state index contributed by atoms with van der Waals surface area (Å²) in [5, 5.41) is 3.67. The van der Waals surface area contributed by atoms with Crippen LogP contribution in [0.15, 0.2) is 35.7 Å². The van der Waals surface area contributed by atoms with E-state index in [1.54, 1.807) is 0 Å². The lowest BCUT2D eigenvalue weighted by molar-refractivity contribution is 0.215.